The molecule has 1 aromatic heterocycles. The van der Waals surface area contributed by atoms with Crippen LogP contribution in [0.5, 0.6) is 0 Å². The quantitative estimate of drug-likeness (QED) is 0.376. The van der Waals surface area contributed by atoms with Gasteiger partial charge in [0.15, 0.2) is 6.29 Å². The van der Waals surface area contributed by atoms with E-state index in [9.17, 15) is 4.79 Å². The number of aromatic nitrogens is 1. The molecule has 0 atom stereocenters. The molecule has 0 aliphatic carbocycles. The van der Waals surface area contributed by atoms with E-state index in [0.717, 1.165) is 30.4 Å². The first-order chi connectivity index (χ1) is 15.0. The molecule has 31 heavy (non-hydrogen) atoms. The van der Waals surface area contributed by atoms with Gasteiger partial charge in [-0.1, -0.05) is 24.2 Å². The summed E-state index contributed by atoms with van der Waals surface area (Å²) in [7, 11) is 1.92. The molecule has 2 rings (SSSR count). The highest BCUT2D eigenvalue weighted by atomic mass is 35.5. The molecule has 0 spiro atoms. The van der Waals surface area contributed by atoms with Crippen LogP contribution < -0.4 is 5.32 Å². The molecule has 1 aliphatic heterocycles. The van der Waals surface area contributed by atoms with Crippen LogP contribution in [0.25, 0.3) is 0 Å². The number of nitrogens with zero attached hydrogens (tertiary/aromatic N) is 4. The second-order valence-electron chi connectivity index (χ2n) is 7.27. The smallest absolute Gasteiger partial charge is 0.168 e. The van der Waals surface area contributed by atoms with Gasteiger partial charge in [-0.15, -0.1) is 0 Å². The van der Waals surface area contributed by atoms with Gasteiger partial charge in [-0.25, -0.2) is 4.98 Å². The van der Waals surface area contributed by atoms with Crippen molar-refractivity contribution in [2.24, 2.45) is 9.98 Å². The minimum Gasteiger partial charge on any atom is -0.395 e. The van der Waals surface area contributed by atoms with Crippen LogP contribution in [0.15, 0.2) is 45.6 Å². The van der Waals surface area contributed by atoms with E-state index in [0.29, 0.717) is 55.0 Å². The van der Waals surface area contributed by atoms with Crippen molar-refractivity contribution in [2.75, 3.05) is 40.0 Å². The van der Waals surface area contributed by atoms with Gasteiger partial charge < -0.3 is 15.2 Å². The first-order valence-electron chi connectivity index (χ1n) is 10.1. The lowest BCUT2D eigenvalue weighted by molar-refractivity contribution is 0.0871. The van der Waals surface area contributed by atoms with Crippen molar-refractivity contribution >= 4 is 30.3 Å². The van der Waals surface area contributed by atoms with Gasteiger partial charge in [-0.2, -0.15) is 0 Å². The summed E-state index contributed by atoms with van der Waals surface area (Å²) >= 11 is 6.41. The van der Waals surface area contributed by atoms with Crippen molar-refractivity contribution in [2.45, 2.75) is 25.4 Å². The molecule has 1 aliphatic rings. The second kappa shape index (κ2) is 13.1. The summed E-state index contributed by atoms with van der Waals surface area (Å²) < 4.78 is 5.40. The largest absolute Gasteiger partial charge is 0.395 e. The number of aliphatic hydroxyl groups is 1. The number of rotatable bonds is 12. The molecule has 0 aromatic carbocycles. The van der Waals surface area contributed by atoms with Gasteiger partial charge in [-0.3, -0.25) is 19.7 Å². The van der Waals surface area contributed by atoms with Gasteiger partial charge in [0.05, 0.1) is 23.4 Å². The third-order valence-electron chi connectivity index (χ3n) is 4.69. The average Bonchev–Trinajstić information content (AvgIpc) is 2.77. The highest BCUT2D eigenvalue weighted by molar-refractivity contribution is 6.46. The lowest BCUT2D eigenvalue weighted by Crippen LogP contribution is -2.28. The summed E-state index contributed by atoms with van der Waals surface area (Å²) in [6.07, 6.45) is 3.76. The van der Waals surface area contributed by atoms with E-state index in [1.54, 1.807) is 0 Å². The number of carbonyl (C=O) groups excluding carboxylic acids is 1. The molecule has 2 N–H and O–H groups in total. The molecule has 0 radical (unpaired) electrons. The SMILES string of the molecule is C=N/C=C(/Cl)C(=NC1CCOCC1)c1ccc(CN(C)CC(=C)NCCO)c(C=O)n1. The maximum absolute atomic E-state index is 11.8. The van der Waals surface area contributed by atoms with Crippen LogP contribution in [0, 0.1) is 0 Å². The fraction of sp³-hybridized carbons (Fsp3) is 0.455. The van der Waals surface area contributed by atoms with Crippen LogP contribution in [0.4, 0.5) is 0 Å². The first-order valence-corrected chi connectivity index (χ1v) is 10.5. The van der Waals surface area contributed by atoms with Gasteiger partial charge in [0.2, 0.25) is 0 Å². The number of nitrogens with one attached hydrogen (secondary N) is 1. The molecule has 8 nitrogen and oxygen atoms in total. The van der Waals surface area contributed by atoms with Gasteiger partial charge >= 0.3 is 0 Å². The third-order valence-corrected chi connectivity index (χ3v) is 4.96. The molecular formula is C22H30ClN5O3. The summed E-state index contributed by atoms with van der Waals surface area (Å²) in [6, 6.07) is 3.74. The van der Waals surface area contributed by atoms with Gasteiger partial charge in [-0.05, 0) is 38.2 Å². The first kappa shape index (κ1) is 24.9. The Morgan fingerprint density at radius 2 is 2.19 bits per heavy atom. The average molecular weight is 448 g/mol. The van der Waals surface area contributed by atoms with Gasteiger partial charge in [0, 0.05) is 44.7 Å². The normalized spacial score (nSPS) is 15.7. The Morgan fingerprint density at radius 1 is 1.45 bits per heavy atom. The van der Waals surface area contributed by atoms with Crippen LogP contribution in [-0.4, -0.2) is 79.7 Å². The van der Waals surface area contributed by atoms with E-state index in [-0.39, 0.29) is 12.6 Å². The zero-order valence-corrected chi connectivity index (χ0v) is 18.6. The van der Waals surface area contributed by atoms with Crippen LogP contribution in [0.2, 0.25) is 0 Å². The Bertz CT molecular complexity index is 834. The Kier molecular flexibility index (Phi) is 10.5. The van der Waals surface area contributed by atoms with Crippen molar-refractivity contribution in [3.05, 3.63) is 52.6 Å². The number of aldehydes is 1. The van der Waals surface area contributed by atoms with E-state index in [1.807, 2.05) is 24.1 Å². The van der Waals surface area contributed by atoms with E-state index < -0.39 is 0 Å². The van der Waals surface area contributed by atoms with Crippen molar-refractivity contribution in [1.29, 1.82) is 0 Å². The van der Waals surface area contributed by atoms with Crippen molar-refractivity contribution in [3.63, 3.8) is 0 Å². The highest BCUT2D eigenvalue weighted by Crippen LogP contribution is 2.19. The van der Waals surface area contributed by atoms with Crippen molar-refractivity contribution in [1.82, 2.24) is 15.2 Å². The molecule has 0 unspecified atom stereocenters. The number of carbonyl (C=O) groups is 1. The topological polar surface area (TPSA) is 99.4 Å². The summed E-state index contributed by atoms with van der Waals surface area (Å²) in [5.41, 5.74) is 2.90. The number of allylic oxidation sites excluding steroid dienone is 1. The number of likely N-dealkylation sites (N-methyl/N-ethyl adjacent to an activating group) is 1. The fourth-order valence-corrected chi connectivity index (χ4v) is 3.44. The minimum absolute atomic E-state index is 0.0412. The van der Waals surface area contributed by atoms with Crippen LogP contribution in [-0.2, 0) is 11.3 Å². The van der Waals surface area contributed by atoms with Gasteiger partial charge in [0.25, 0.3) is 0 Å². The number of hydrogen-bond acceptors (Lipinski definition) is 8. The lowest BCUT2D eigenvalue weighted by Gasteiger charge is -2.21. The summed E-state index contributed by atoms with van der Waals surface area (Å²) in [5.74, 6) is 0. The fourth-order valence-electron chi connectivity index (χ4n) is 3.22. The minimum atomic E-state index is 0.0412. The number of aliphatic imine (C=N–C) groups is 2. The summed E-state index contributed by atoms with van der Waals surface area (Å²) in [5, 5.41) is 12.3. The zero-order chi connectivity index (χ0) is 22.6. The number of halogens is 1. The molecule has 1 saturated heterocycles. The van der Waals surface area contributed by atoms with Crippen LogP contribution >= 0.6 is 11.6 Å². The Hall–Kier alpha value is -2.39. The Balaban J connectivity index is 2.24. The highest BCUT2D eigenvalue weighted by Gasteiger charge is 2.18. The van der Waals surface area contributed by atoms with Crippen molar-refractivity contribution in [3.8, 4) is 0 Å². The predicted octanol–water partition coefficient (Wildman–Crippen LogP) is 2.17. The number of hydrogen-bond donors (Lipinski definition) is 2. The third kappa shape index (κ3) is 7.99. The Morgan fingerprint density at radius 3 is 2.84 bits per heavy atom. The lowest BCUT2D eigenvalue weighted by atomic mass is 10.1. The number of pyridine rings is 1. The Labute approximate surface area is 188 Å². The van der Waals surface area contributed by atoms with Gasteiger partial charge in [0.1, 0.15) is 11.4 Å². The van der Waals surface area contributed by atoms with Crippen LogP contribution in [0.1, 0.15) is 34.6 Å². The molecule has 0 bridgehead atoms. The molecule has 0 saturated carbocycles. The standard InChI is InChI=1S/C22H30ClN5O3/c1-16(25-8-9-29)13-28(3)14-17-4-5-20(27-21(17)15-30)22(19(23)12-24-2)26-18-6-10-31-11-7-18/h4-5,12,15,18,25,29H,1-2,6-11,13-14H2,3H3/b19-12+,26-22?. The zero-order valence-electron chi connectivity index (χ0n) is 17.9. The summed E-state index contributed by atoms with van der Waals surface area (Å²) in [6.45, 7) is 10.3. The molecule has 1 aromatic rings. The molecule has 2 heterocycles. The molecular weight excluding hydrogens is 418 g/mol. The molecule has 9 heteroatoms. The van der Waals surface area contributed by atoms with Crippen LogP contribution in [0.3, 0.4) is 0 Å². The molecule has 168 valence electrons. The predicted molar refractivity (Wildman–Crippen MR) is 124 cm³/mol. The van der Waals surface area contributed by atoms with E-state index in [4.69, 9.17) is 26.4 Å². The number of ether oxygens (including phenoxy) is 1. The van der Waals surface area contributed by atoms with Crippen molar-refractivity contribution < 1.29 is 14.6 Å². The van der Waals surface area contributed by atoms with E-state index >= 15 is 0 Å². The molecule has 0 amide bonds. The monoisotopic (exact) mass is 447 g/mol. The second-order valence-corrected chi connectivity index (χ2v) is 7.67. The maximum Gasteiger partial charge on any atom is 0.168 e. The van der Waals surface area contributed by atoms with E-state index in [2.05, 4.69) is 28.6 Å². The maximum atomic E-state index is 11.8. The van der Waals surface area contributed by atoms with E-state index in [1.165, 1.54) is 6.20 Å². The number of aliphatic hydroxyl groups excluding tert-OH is 1. The summed E-state index contributed by atoms with van der Waals surface area (Å²) in [4.78, 5) is 26.8. The molecule has 1 fully saturated rings.